The van der Waals surface area contributed by atoms with Crippen molar-refractivity contribution >= 4 is 0 Å². The molecule has 2 aromatic rings. The molecule has 0 aromatic heterocycles. The van der Waals surface area contributed by atoms with Crippen LogP contribution in [-0.2, 0) is 6.54 Å². The second kappa shape index (κ2) is 7.81. The Morgan fingerprint density at radius 2 is 1.76 bits per heavy atom. The number of rotatable bonds is 7. The molecular formula is C18H23NO2. The van der Waals surface area contributed by atoms with E-state index in [2.05, 4.69) is 30.4 Å². The minimum atomic E-state index is -0.518. The SMILES string of the molecule is Cc1cccc(CNCC(O)COc2cccc(C)c2)c1. The standard InChI is InChI=1S/C18H23NO2/c1-14-5-3-7-16(9-14)11-19-12-17(20)13-21-18-8-4-6-15(2)10-18/h3-10,17,19-20H,11-13H2,1-2H3. The lowest BCUT2D eigenvalue weighted by molar-refractivity contribution is 0.106. The molecule has 0 heterocycles. The highest BCUT2D eigenvalue weighted by Crippen LogP contribution is 2.12. The third-order valence-corrected chi connectivity index (χ3v) is 3.22. The lowest BCUT2D eigenvalue weighted by Crippen LogP contribution is -2.31. The largest absolute Gasteiger partial charge is 0.491 e. The van der Waals surface area contributed by atoms with Gasteiger partial charge in [-0.3, -0.25) is 0 Å². The van der Waals surface area contributed by atoms with Crippen LogP contribution >= 0.6 is 0 Å². The second-order valence-corrected chi connectivity index (χ2v) is 5.40. The van der Waals surface area contributed by atoms with Gasteiger partial charge in [0.2, 0.25) is 0 Å². The van der Waals surface area contributed by atoms with Crippen LogP contribution in [0.5, 0.6) is 5.75 Å². The second-order valence-electron chi connectivity index (χ2n) is 5.40. The first-order chi connectivity index (χ1) is 10.1. The molecule has 0 saturated carbocycles. The van der Waals surface area contributed by atoms with Crippen LogP contribution in [0.2, 0.25) is 0 Å². The van der Waals surface area contributed by atoms with Gasteiger partial charge in [0.05, 0.1) is 0 Å². The van der Waals surface area contributed by atoms with Crippen LogP contribution in [0.25, 0.3) is 0 Å². The predicted molar refractivity (Wildman–Crippen MR) is 85.6 cm³/mol. The predicted octanol–water partition coefficient (Wildman–Crippen LogP) is 2.83. The number of aliphatic hydroxyl groups excluding tert-OH is 1. The third-order valence-electron chi connectivity index (χ3n) is 3.22. The van der Waals surface area contributed by atoms with Gasteiger partial charge in [-0.2, -0.15) is 0 Å². The Bertz CT molecular complexity index is 569. The maximum absolute atomic E-state index is 9.92. The summed E-state index contributed by atoms with van der Waals surface area (Å²) in [5.41, 5.74) is 3.62. The molecule has 0 aliphatic rings. The zero-order valence-corrected chi connectivity index (χ0v) is 12.7. The van der Waals surface area contributed by atoms with Crippen LogP contribution in [0.3, 0.4) is 0 Å². The first-order valence-electron chi connectivity index (χ1n) is 7.27. The van der Waals surface area contributed by atoms with Crippen molar-refractivity contribution in [1.82, 2.24) is 5.32 Å². The van der Waals surface area contributed by atoms with E-state index in [1.54, 1.807) is 0 Å². The molecule has 3 heteroatoms. The van der Waals surface area contributed by atoms with E-state index >= 15 is 0 Å². The van der Waals surface area contributed by atoms with Crippen molar-refractivity contribution in [1.29, 1.82) is 0 Å². The van der Waals surface area contributed by atoms with E-state index < -0.39 is 6.10 Å². The lowest BCUT2D eigenvalue weighted by Gasteiger charge is -2.13. The fourth-order valence-corrected chi connectivity index (χ4v) is 2.16. The summed E-state index contributed by atoms with van der Waals surface area (Å²) in [6.45, 7) is 5.66. The molecule has 2 aromatic carbocycles. The molecule has 112 valence electrons. The van der Waals surface area contributed by atoms with Gasteiger partial charge < -0.3 is 15.2 Å². The molecule has 21 heavy (non-hydrogen) atoms. The molecule has 0 radical (unpaired) electrons. The van der Waals surface area contributed by atoms with Gasteiger partial charge in [0.25, 0.3) is 0 Å². The summed E-state index contributed by atoms with van der Waals surface area (Å²) >= 11 is 0. The number of hydrogen-bond acceptors (Lipinski definition) is 3. The van der Waals surface area contributed by atoms with Crippen molar-refractivity contribution < 1.29 is 9.84 Å². The van der Waals surface area contributed by atoms with Crippen LogP contribution in [0.15, 0.2) is 48.5 Å². The molecule has 0 saturated heterocycles. The van der Waals surface area contributed by atoms with Gasteiger partial charge in [0.15, 0.2) is 0 Å². The van der Waals surface area contributed by atoms with Gasteiger partial charge in [0, 0.05) is 13.1 Å². The number of aliphatic hydroxyl groups is 1. The summed E-state index contributed by atoms with van der Waals surface area (Å²) in [5.74, 6) is 0.799. The molecule has 1 atom stereocenters. The zero-order chi connectivity index (χ0) is 15.1. The Morgan fingerprint density at radius 1 is 1.05 bits per heavy atom. The quantitative estimate of drug-likeness (QED) is 0.822. The molecule has 1 unspecified atom stereocenters. The van der Waals surface area contributed by atoms with Crippen molar-refractivity contribution in [2.75, 3.05) is 13.2 Å². The van der Waals surface area contributed by atoms with Crippen molar-refractivity contribution in [3.63, 3.8) is 0 Å². The summed E-state index contributed by atoms with van der Waals surface area (Å²) in [6.07, 6.45) is -0.518. The number of benzene rings is 2. The van der Waals surface area contributed by atoms with E-state index in [0.717, 1.165) is 17.9 Å². The Labute approximate surface area is 126 Å². The summed E-state index contributed by atoms with van der Waals surface area (Å²) in [5, 5.41) is 13.2. The Balaban J connectivity index is 1.69. The number of hydrogen-bond donors (Lipinski definition) is 2. The monoisotopic (exact) mass is 285 g/mol. The van der Waals surface area contributed by atoms with Crippen molar-refractivity contribution in [3.05, 3.63) is 65.2 Å². The first-order valence-corrected chi connectivity index (χ1v) is 7.27. The maximum atomic E-state index is 9.92. The molecule has 2 N–H and O–H groups in total. The fourth-order valence-electron chi connectivity index (χ4n) is 2.16. The van der Waals surface area contributed by atoms with E-state index in [0.29, 0.717) is 13.2 Å². The van der Waals surface area contributed by atoms with Gasteiger partial charge in [-0.15, -0.1) is 0 Å². The molecule has 0 aliphatic carbocycles. The zero-order valence-electron chi connectivity index (χ0n) is 12.7. The molecule has 0 bridgehead atoms. The number of aryl methyl sites for hydroxylation is 2. The lowest BCUT2D eigenvalue weighted by atomic mass is 10.1. The fraction of sp³-hybridized carbons (Fsp3) is 0.333. The van der Waals surface area contributed by atoms with Crippen molar-refractivity contribution in [2.24, 2.45) is 0 Å². The van der Waals surface area contributed by atoms with Crippen LogP contribution < -0.4 is 10.1 Å². The van der Waals surface area contributed by atoms with Crippen molar-refractivity contribution in [3.8, 4) is 5.75 Å². The van der Waals surface area contributed by atoms with E-state index in [1.807, 2.05) is 37.3 Å². The van der Waals surface area contributed by atoms with E-state index in [4.69, 9.17) is 4.74 Å². The minimum absolute atomic E-state index is 0.296. The highest BCUT2D eigenvalue weighted by molar-refractivity contribution is 5.27. The summed E-state index contributed by atoms with van der Waals surface area (Å²) < 4.78 is 5.58. The molecule has 3 nitrogen and oxygen atoms in total. The highest BCUT2D eigenvalue weighted by Gasteiger charge is 2.05. The molecule has 0 spiro atoms. The normalized spacial score (nSPS) is 12.1. The van der Waals surface area contributed by atoms with E-state index in [1.165, 1.54) is 11.1 Å². The first kappa shape index (κ1) is 15.5. The molecule has 2 rings (SSSR count). The van der Waals surface area contributed by atoms with E-state index in [-0.39, 0.29) is 0 Å². The number of ether oxygens (including phenoxy) is 1. The molecule has 0 aliphatic heterocycles. The Kier molecular flexibility index (Phi) is 5.78. The van der Waals surface area contributed by atoms with Gasteiger partial charge in [-0.1, -0.05) is 42.0 Å². The molecule has 0 fully saturated rings. The highest BCUT2D eigenvalue weighted by atomic mass is 16.5. The van der Waals surface area contributed by atoms with Crippen LogP contribution in [0.1, 0.15) is 16.7 Å². The van der Waals surface area contributed by atoms with Crippen LogP contribution in [-0.4, -0.2) is 24.4 Å². The van der Waals surface area contributed by atoms with Crippen LogP contribution in [0.4, 0.5) is 0 Å². The van der Waals surface area contributed by atoms with Gasteiger partial charge >= 0.3 is 0 Å². The van der Waals surface area contributed by atoms with Gasteiger partial charge in [-0.25, -0.2) is 0 Å². The number of nitrogens with one attached hydrogen (secondary N) is 1. The average Bonchev–Trinajstić information content (AvgIpc) is 2.45. The summed E-state index contributed by atoms with van der Waals surface area (Å²) in [7, 11) is 0. The Hall–Kier alpha value is -1.84. The van der Waals surface area contributed by atoms with E-state index in [9.17, 15) is 5.11 Å². The van der Waals surface area contributed by atoms with Gasteiger partial charge in [0.1, 0.15) is 18.5 Å². The maximum Gasteiger partial charge on any atom is 0.119 e. The Morgan fingerprint density at radius 3 is 2.48 bits per heavy atom. The van der Waals surface area contributed by atoms with Crippen LogP contribution in [0, 0.1) is 13.8 Å². The van der Waals surface area contributed by atoms with Gasteiger partial charge in [-0.05, 0) is 37.1 Å². The average molecular weight is 285 g/mol. The topological polar surface area (TPSA) is 41.5 Å². The summed E-state index contributed by atoms with van der Waals surface area (Å²) in [6, 6.07) is 16.2. The summed E-state index contributed by atoms with van der Waals surface area (Å²) in [4.78, 5) is 0. The molecular weight excluding hydrogens is 262 g/mol. The minimum Gasteiger partial charge on any atom is -0.491 e. The third kappa shape index (κ3) is 5.58. The smallest absolute Gasteiger partial charge is 0.119 e. The van der Waals surface area contributed by atoms with Crippen molar-refractivity contribution in [2.45, 2.75) is 26.5 Å². The molecule has 0 amide bonds.